The summed E-state index contributed by atoms with van der Waals surface area (Å²) in [6, 6.07) is 4.11. The van der Waals surface area contributed by atoms with Crippen LogP contribution >= 0.6 is 11.6 Å². The van der Waals surface area contributed by atoms with Crippen molar-refractivity contribution in [3.05, 3.63) is 34.6 Å². The summed E-state index contributed by atoms with van der Waals surface area (Å²) in [5, 5.41) is 2.42. The van der Waals surface area contributed by atoms with E-state index in [1.54, 1.807) is 0 Å². The third-order valence-electron chi connectivity index (χ3n) is 1.42. The van der Waals surface area contributed by atoms with Gasteiger partial charge in [-0.3, -0.25) is 4.79 Å². The number of rotatable bonds is 1. The van der Waals surface area contributed by atoms with Gasteiger partial charge in [0.2, 0.25) is 0 Å². The SMILES string of the molecule is CNC(=O)c1c(F)cccc1Cl. The molecule has 0 atom stereocenters. The second-order valence-electron chi connectivity index (χ2n) is 2.18. The molecule has 0 heterocycles. The summed E-state index contributed by atoms with van der Waals surface area (Å²) in [7, 11) is 1.42. The molecule has 0 saturated heterocycles. The van der Waals surface area contributed by atoms with Crippen molar-refractivity contribution in [1.82, 2.24) is 5.32 Å². The molecule has 0 aliphatic carbocycles. The largest absolute Gasteiger partial charge is 0.355 e. The highest BCUT2D eigenvalue weighted by atomic mass is 35.5. The molecule has 1 aromatic rings. The van der Waals surface area contributed by atoms with E-state index < -0.39 is 11.7 Å². The van der Waals surface area contributed by atoms with Gasteiger partial charge in [-0.25, -0.2) is 4.39 Å². The molecule has 0 bridgehead atoms. The molecule has 0 spiro atoms. The first kappa shape index (κ1) is 9.00. The van der Waals surface area contributed by atoms with Crippen LogP contribution in [0.15, 0.2) is 18.2 Å². The lowest BCUT2D eigenvalue weighted by Gasteiger charge is -2.02. The maximum Gasteiger partial charge on any atom is 0.255 e. The van der Waals surface area contributed by atoms with Gasteiger partial charge in [0.15, 0.2) is 0 Å². The van der Waals surface area contributed by atoms with Crippen molar-refractivity contribution in [2.45, 2.75) is 0 Å². The van der Waals surface area contributed by atoms with Gasteiger partial charge < -0.3 is 5.32 Å². The fourth-order valence-electron chi connectivity index (χ4n) is 0.840. The predicted molar refractivity (Wildman–Crippen MR) is 44.8 cm³/mol. The molecule has 2 nitrogen and oxygen atoms in total. The summed E-state index contributed by atoms with van der Waals surface area (Å²) in [4.78, 5) is 11.0. The first-order chi connectivity index (χ1) is 5.66. The summed E-state index contributed by atoms with van der Waals surface area (Å²) in [5.41, 5.74) is -0.110. The van der Waals surface area contributed by atoms with Crippen LogP contribution in [0.25, 0.3) is 0 Å². The maximum absolute atomic E-state index is 12.9. The first-order valence-electron chi connectivity index (χ1n) is 3.33. The molecule has 12 heavy (non-hydrogen) atoms. The van der Waals surface area contributed by atoms with E-state index in [0.29, 0.717) is 0 Å². The van der Waals surface area contributed by atoms with Crippen LogP contribution in [-0.4, -0.2) is 13.0 Å². The molecule has 4 heteroatoms. The Bertz CT molecular complexity index is 294. The monoisotopic (exact) mass is 187 g/mol. The highest BCUT2D eigenvalue weighted by Gasteiger charge is 2.13. The second kappa shape index (κ2) is 3.54. The van der Waals surface area contributed by atoms with E-state index in [9.17, 15) is 9.18 Å². The minimum Gasteiger partial charge on any atom is -0.355 e. The molecule has 0 unspecified atom stereocenters. The number of hydrogen-bond donors (Lipinski definition) is 1. The molecule has 64 valence electrons. The van der Waals surface area contributed by atoms with Gasteiger partial charge in [0.1, 0.15) is 5.82 Å². The molecule has 0 saturated carbocycles. The molecule has 0 aliphatic rings. The molecule has 1 amide bonds. The first-order valence-corrected chi connectivity index (χ1v) is 3.70. The van der Waals surface area contributed by atoms with E-state index in [-0.39, 0.29) is 10.6 Å². The Labute approximate surface area is 74.3 Å². The minimum absolute atomic E-state index is 0.110. The van der Waals surface area contributed by atoms with Crippen molar-refractivity contribution in [3.8, 4) is 0 Å². The number of carbonyl (C=O) groups is 1. The van der Waals surface area contributed by atoms with Gasteiger partial charge in [-0.1, -0.05) is 17.7 Å². The summed E-state index contributed by atoms with van der Waals surface area (Å²) in [6.45, 7) is 0. The van der Waals surface area contributed by atoms with Crippen molar-refractivity contribution in [1.29, 1.82) is 0 Å². The van der Waals surface area contributed by atoms with Crippen LogP contribution in [0.4, 0.5) is 4.39 Å². The van der Waals surface area contributed by atoms with Gasteiger partial charge in [-0.15, -0.1) is 0 Å². The van der Waals surface area contributed by atoms with Gasteiger partial charge >= 0.3 is 0 Å². The normalized spacial score (nSPS) is 9.58. The molecule has 0 radical (unpaired) electrons. The lowest BCUT2D eigenvalue weighted by molar-refractivity contribution is 0.0959. The lowest BCUT2D eigenvalue weighted by atomic mass is 10.2. The Kier molecular flexibility index (Phi) is 2.65. The molecule has 0 aliphatic heterocycles. The fraction of sp³-hybridized carbons (Fsp3) is 0.125. The van der Waals surface area contributed by atoms with E-state index in [1.807, 2.05) is 0 Å². The number of carbonyl (C=O) groups excluding carboxylic acids is 1. The van der Waals surface area contributed by atoms with Gasteiger partial charge in [0, 0.05) is 7.05 Å². The molecular weight excluding hydrogens is 181 g/mol. The topological polar surface area (TPSA) is 29.1 Å². The Morgan fingerprint density at radius 3 is 2.75 bits per heavy atom. The van der Waals surface area contributed by atoms with Crippen molar-refractivity contribution in [2.75, 3.05) is 7.05 Å². The minimum atomic E-state index is -0.609. The van der Waals surface area contributed by atoms with Crippen LogP contribution in [0.1, 0.15) is 10.4 Å². The van der Waals surface area contributed by atoms with Crippen molar-refractivity contribution >= 4 is 17.5 Å². The van der Waals surface area contributed by atoms with E-state index in [2.05, 4.69) is 5.32 Å². The second-order valence-corrected chi connectivity index (χ2v) is 2.58. The molecule has 0 aromatic heterocycles. The van der Waals surface area contributed by atoms with E-state index in [0.717, 1.165) is 0 Å². The quantitative estimate of drug-likeness (QED) is 0.714. The number of nitrogens with one attached hydrogen (secondary N) is 1. The van der Waals surface area contributed by atoms with Crippen LogP contribution in [0, 0.1) is 5.82 Å². The van der Waals surface area contributed by atoms with E-state index >= 15 is 0 Å². The highest BCUT2D eigenvalue weighted by molar-refractivity contribution is 6.33. The Hall–Kier alpha value is -1.09. The third-order valence-corrected chi connectivity index (χ3v) is 1.73. The molecule has 0 fully saturated rings. The molecule has 1 rings (SSSR count). The maximum atomic E-state index is 12.9. The van der Waals surface area contributed by atoms with E-state index in [1.165, 1.54) is 25.2 Å². The zero-order valence-electron chi connectivity index (χ0n) is 6.40. The van der Waals surface area contributed by atoms with Crippen LogP contribution in [0.2, 0.25) is 5.02 Å². The standard InChI is InChI=1S/C8H7ClFNO/c1-11-8(12)7-5(9)3-2-4-6(7)10/h2-4H,1H3,(H,11,12). The van der Waals surface area contributed by atoms with Crippen LogP contribution in [0.5, 0.6) is 0 Å². The summed E-state index contributed by atoms with van der Waals surface area (Å²) < 4.78 is 12.9. The summed E-state index contributed by atoms with van der Waals surface area (Å²) in [6.07, 6.45) is 0. The van der Waals surface area contributed by atoms with Gasteiger partial charge in [0.25, 0.3) is 5.91 Å². The Morgan fingerprint density at radius 2 is 2.25 bits per heavy atom. The Morgan fingerprint density at radius 1 is 1.58 bits per heavy atom. The summed E-state index contributed by atoms with van der Waals surface area (Å²) in [5.74, 6) is -1.13. The van der Waals surface area contributed by atoms with Crippen molar-refractivity contribution in [3.63, 3.8) is 0 Å². The number of amides is 1. The number of halogens is 2. The van der Waals surface area contributed by atoms with E-state index in [4.69, 9.17) is 11.6 Å². The zero-order valence-corrected chi connectivity index (χ0v) is 7.15. The highest BCUT2D eigenvalue weighted by Crippen LogP contribution is 2.18. The van der Waals surface area contributed by atoms with Crippen molar-refractivity contribution < 1.29 is 9.18 Å². The average molecular weight is 188 g/mol. The number of benzene rings is 1. The van der Waals surface area contributed by atoms with Gasteiger partial charge in [-0.2, -0.15) is 0 Å². The molecular formula is C8H7ClFNO. The van der Waals surface area contributed by atoms with Gasteiger partial charge in [-0.05, 0) is 12.1 Å². The average Bonchev–Trinajstić information content (AvgIpc) is 2.03. The Balaban J connectivity index is 3.21. The van der Waals surface area contributed by atoms with Crippen LogP contribution in [-0.2, 0) is 0 Å². The van der Waals surface area contributed by atoms with Crippen LogP contribution in [0.3, 0.4) is 0 Å². The van der Waals surface area contributed by atoms with Crippen LogP contribution < -0.4 is 5.32 Å². The predicted octanol–water partition coefficient (Wildman–Crippen LogP) is 1.84. The third kappa shape index (κ3) is 1.56. The number of hydrogen-bond acceptors (Lipinski definition) is 1. The van der Waals surface area contributed by atoms with Gasteiger partial charge in [0.05, 0.1) is 10.6 Å². The molecule has 1 aromatic carbocycles. The smallest absolute Gasteiger partial charge is 0.255 e. The summed E-state index contributed by atoms with van der Waals surface area (Å²) >= 11 is 5.60. The molecule has 1 N–H and O–H groups in total. The lowest BCUT2D eigenvalue weighted by Crippen LogP contribution is -2.19. The fourth-order valence-corrected chi connectivity index (χ4v) is 1.09. The van der Waals surface area contributed by atoms with Crippen molar-refractivity contribution in [2.24, 2.45) is 0 Å². The zero-order chi connectivity index (χ0) is 9.14.